The molecule has 2 unspecified atom stereocenters. The highest BCUT2D eigenvalue weighted by molar-refractivity contribution is 5.69. The number of carbonyl (C=O) groups excluding carboxylic acids is 2. The smallest absolute Gasteiger partial charge is 0.305 e. The molecule has 7 heteroatoms. The molecule has 0 spiro atoms. The Hall–Kier alpha value is -1.18. The van der Waals surface area contributed by atoms with Crippen LogP contribution in [0.1, 0.15) is 89.9 Å². The van der Waals surface area contributed by atoms with Gasteiger partial charge in [-0.3, -0.25) is 9.59 Å². The first-order chi connectivity index (χ1) is 13.2. The number of hydrogen-bond acceptors (Lipinski definition) is 7. The summed E-state index contributed by atoms with van der Waals surface area (Å²) >= 11 is 0. The number of unbranched alkanes of at least 4 members (excludes halogenated alkanes) is 8. The van der Waals surface area contributed by atoms with E-state index in [1.165, 1.54) is 14.2 Å². The van der Waals surface area contributed by atoms with Crippen molar-refractivity contribution in [1.29, 1.82) is 0 Å². The molecule has 1 aliphatic rings. The standard InChI is InChI=1S/C20H36O7/c1-23-17(21)13-9-5-3-7-11-15-19-25-20(27-26-19)16-12-8-4-6-10-14-18(22)24-2/h19-20H,3-16H2,1-2H3. The van der Waals surface area contributed by atoms with Crippen molar-refractivity contribution in [3.05, 3.63) is 0 Å². The van der Waals surface area contributed by atoms with Gasteiger partial charge in [0.25, 0.3) is 0 Å². The Morgan fingerprint density at radius 3 is 1.41 bits per heavy atom. The van der Waals surface area contributed by atoms with Gasteiger partial charge in [0.1, 0.15) is 0 Å². The van der Waals surface area contributed by atoms with Crippen molar-refractivity contribution in [1.82, 2.24) is 0 Å². The number of methoxy groups -OCH3 is 2. The molecule has 0 aromatic heterocycles. The average molecular weight is 389 g/mol. The van der Waals surface area contributed by atoms with E-state index >= 15 is 0 Å². The fourth-order valence-electron chi connectivity index (χ4n) is 3.00. The summed E-state index contributed by atoms with van der Waals surface area (Å²) < 4.78 is 15.0. The van der Waals surface area contributed by atoms with Gasteiger partial charge in [-0.05, 0) is 25.7 Å². The van der Waals surface area contributed by atoms with Crippen molar-refractivity contribution in [2.45, 2.75) is 102 Å². The lowest BCUT2D eigenvalue weighted by Crippen LogP contribution is -2.11. The van der Waals surface area contributed by atoms with Crippen molar-refractivity contribution >= 4 is 11.9 Å². The van der Waals surface area contributed by atoms with E-state index in [-0.39, 0.29) is 24.5 Å². The fourth-order valence-corrected chi connectivity index (χ4v) is 3.00. The monoisotopic (exact) mass is 388 g/mol. The molecule has 158 valence electrons. The fraction of sp³-hybridized carbons (Fsp3) is 0.900. The minimum atomic E-state index is -0.259. The third kappa shape index (κ3) is 12.8. The molecule has 7 nitrogen and oxygen atoms in total. The molecule has 0 amide bonds. The summed E-state index contributed by atoms with van der Waals surface area (Å²) in [7, 11) is 2.85. The van der Waals surface area contributed by atoms with Gasteiger partial charge in [0, 0.05) is 25.7 Å². The molecular formula is C20H36O7. The number of hydrogen-bond donors (Lipinski definition) is 0. The zero-order chi connectivity index (χ0) is 19.7. The summed E-state index contributed by atoms with van der Waals surface area (Å²) in [5.41, 5.74) is 0. The van der Waals surface area contributed by atoms with E-state index in [1.54, 1.807) is 0 Å². The van der Waals surface area contributed by atoms with Gasteiger partial charge >= 0.3 is 11.9 Å². The molecule has 0 radical (unpaired) electrons. The Kier molecular flexibility index (Phi) is 14.0. The van der Waals surface area contributed by atoms with Gasteiger partial charge in [0.15, 0.2) is 12.6 Å². The van der Waals surface area contributed by atoms with Gasteiger partial charge in [0.05, 0.1) is 14.2 Å². The van der Waals surface area contributed by atoms with Gasteiger partial charge in [-0.1, -0.05) is 38.5 Å². The van der Waals surface area contributed by atoms with Crippen molar-refractivity contribution in [2.24, 2.45) is 0 Å². The van der Waals surface area contributed by atoms with Gasteiger partial charge in [0.2, 0.25) is 0 Å². The van der Waals surface area contributed by atoms with Gasteiger partial charge in [-0.15, -0.1) is 0 Å². The van der Waals surface area contributed by atoms with Crippen LogP contribution in [0, 0.1) is 0 Å². The van der Waals surface area contributed by atoms with Crippen molar-refractivity contribution in [2.75, 3.05) is 14.2 Å². The Labute approximate surface area is 162 Å². The summed E-state index contributed by atoms with van der Waals surface area (Å²) in [6, 6.07) is 0. The largest absolute Gasteiger partial charge is 0.469 e. The van der Waals surface area contributed by atoms with Crippen molar-refractivity contribution in [3.63, 3.8) is 0 Å². The Balaban J connectivity index is 1.87. The SMILES string of the molecule is COC(=O)CCCCCCCC1OOC(CCCCCCCC(=O)OC)O1. The van der Waals surface area contributed by atoms with Crippen LogP contribution in [0.5, 0.6) is 0 Å². The first kappa shape index (κ1) is 23.9. The molecule has 0 aliphatic carbocycles. The van der Waals surface area contributed by atoms with Crippen molar-refractivity contribution in [3.8, 4) is 0 Å². The van der Waals surface area contributed by atoms with Crippen LogP contribution in [0.2, 0.25) is 0 Å². The third-order valence-corrected chi connectivity index (χ3v) is 4.67. The van der Waals surface area contributed by atoms with E-state index in [4.69, 9.17) is 14.5 Å². The second-order valence-corrected chi connectivity index (χ2v) is 6.95. The maximum atomic E-state index is 11.0. The highest BCUT2D eigenvalue weighted by Crippen LogP contribution is 2.23. The summed E-state index contributed by atoms with van der Waals surface area (Å²) in [5.74, 6) is -0.265. The van der Waals surface area contributed by atoms with E-state index in [9.17, 15) is 9.59 Å². The second kappa shape index (κ2) is 15.8. The Morgan fingerprint density at radius 1 is 0.630 bits per heavy atom. The normalized spacial score (nSPS) is 19.2. The predicted octanol–water partition coefficient (Wildman–Crippen LogP) is 4.42. The second-order valence-electron chi connectivity index (χ2n) is 6.95. The number of carbonyl (C=O) groups is 2. The highest BCUT2D eigenvalue weighted by atomic mass is 17.3. The molecule has 2 atom stereocenters. The number of rotatable bonds is 16. The molecule has 1 saturated heterocycles. The van der Waals surface area contributed by atoms with Crippen molar-refractivity contribution < 1.29 is 33.6 Å². The lowest BCUT2D eigenvalue weighted by atomic mass is 10.1. The predicted molar refractivity (Wildman–Crippen MR) is 99.5 cm³/mol. The molecule has 0 aromatic rings. The number of ether oxygens (including phenoxy) is 3. The lowest BCUT2D eigenvalue weighted by molar-refractivity contribution is -0.298. The van der Waals surface area contributed by atoms with E-state index in [0.717, 1.165) is 77.0 Å². The van der Waals surface area contributed by atoms with Crippen LogP contribution in [0.4, 0.5) is 0 Å². The van der Waals surface area contributed by atoms with E-state index in [2.05, 4.69) is 9.47 Å². The first-order valence-corrected chi connectivity index (χ1v) is 10.3. The molecule has 1 aliphatic heterocycles. The van der Waals surface area contributed by atoms with E-state index in [1.807, 2.05) is 0 Å². The molecule has 1 fully saturated rings. The molecule has 0 bridgehead atoms. The van der Waals surface area contributed by atoms with Crippen LogP contribution in [-0.2, 0) is 33.6 Å². The number of esters is 2. The van der Waals surface area contributed by atoms with Gasteiger partial charge in [-0.25, -0.2) is 9.78 Å². The van der Waals surface area contributed by atoms with Crippen LogP contribution in [0.25, 0.3) is 0 Å². The highest BCUT2D eigenvalue weighted by Gasteiger charge is 2.26. The summed E-state index contributed by atoms with van der Waals surface area (Å²) in [6.45, 7) is 0. The molecule has 0 saturated carbocycles. The maximum absolute atomic E-state index is 11.0. The minimum absolute atomic E-state index is 0.132. The van der Waals surface area contributed by atoms with Crippen LogP contribution >= 0.6 is 0 Å². The zero-order valence-electron chi connectivity index (χ0n) is 16.9. The van der Waals surface area contributed by atoms with Crippen LogP contribution < -0.4 is 0 Å². The third-order valence-electron chi connectivity index (χ3n) is 4.67. The van der Waals surface area contributed by atoms with Crippen LogP contribution in [0.3, 0.4) is 0 Å². The molecule has 1 heterocycles. The molecule has 1 rings (SSSR count). The maximum Gasteiger partial charge on any atom is 0.305 e. The summed E-state index contributed by atoms with van der Waals surface area (Å²) in [5, 5.41) is 0. The molecular weight excluding hydrogens is 352 g/mol. The Bertz CT molecular complexity index is 364. The van der Waals surface area contributed by atoms with Crippen LogP contribution in [-0.4, -0.2) is 38.7 Å². The average Bonchev–Trinajstić information content (AvgIpc) is 3.13. The minimum Gasteiger partial charge on any atom is -0.469 e. The summed E-state index contributed by atoms with van der Waals surface area (Å²) in [6.07, 6.45) is 12.5. The zero-order valence-corrected chi connectivity index (χ0v) is 16.9. The van der Waals surface area contributed by atoms with Gasteiger partial charge < -0.3 is 14.2 Å². The summed E-state index contributed by atoms with van der Waals surface area (Å²) in [4.78, 5) is 32.5. The molecule has 27 heavy (non-hydrogen) atoms. The lowest BCUT2D eigenvalue weighted by Gasteiger charge is -2.08. The quantitative estimate of drug-likeness (QED) is 0.220. The van der Waals surface area contributed by atoms with Gasteiger partial charge in [-0.2, -0.15) is 0 Å². The molecule has 0 N–H and O–H groups in total. The molecule has 0 aromatic carbocycles. The van der Waals surface area contributed by atoms with E-state index in [0.29, 0.717) is 12.8 Å². The Morgan fingerprint density at radius 2 is 1.00 bits per heavy atom. The first-order valence-electron chi connectivity index (χ1n) is 10.3. The van der Waals surface area contributed by atoms with Crippen LogP contribution in [0.15, 0.2) is 0 Å². The topological polar surface area (TPSA) is 80.3 Å². The van der Waals surface area contributed by atoms with E-state index < -0.39 is 0 Å².